The zero-order valence-corrected chi connectivity index (χ0v) is 17.4. The van der Waals surface area contributed by atoms with Crippen LogP contribution in [0.5, 0.6) is 0 Å². The summed E-state index contributed by atoms with van der Waals surface area (Å²) in [4.78, 5) is 30.0. The van der Waals surface area contributed by atoms with Crippen molar-refractivity contribution in [1.29, 1.82) is 0 Å². The number of carbonyl (C=O) groups is 2. The molecule has 3 rings (SSSR count). The van der Waals surface area contributed by atoms with E-state index in [-0.39, 0.29) is 17.1 Å². The third kappa shape index (κ3) is 5.74. The highest BCUT2D eigenvalue weighted by Crippen LogP contribution is 2.24. The van der Waals surface area contributed by atoms with Gasteiger partial charge in [0.2, 0.25) is 11.8 Å². The van der Waals surface area contributed by atoms with Crippen molar-refractivity contribution in [1.82, 2.24) is 9.80 Å². The maximum atomic E-state index is 12.7. The van der Waals surface area contributed by atoms with Crippen LogP contribution in [-0.2, 0) is 9.59 Å². The summed E-state index contributed by atoms with van der Waals surface area (Å²) in [5.41, 5.74) is 0.620. The molecule has 1 aliphatic heterocycles. The van der Waals surface area contributed by atoms with E-state index in [1.807, 2.05) is 54.3 Å². The van der Waals surface area contributed by atoms with Crippen molar-refractivity contribution in [3.8, 4) is 0 Å². The highest BCUT2D eigenvalue weighted by atomic mass is 35.5. The number of amides is 2. The van der Waals surface area contributed by atoms with Crippen LogP contribution in [0.4, 0.5) is 5.69 Å². The number of carbonyl (C=O) groups excluding carboxylic acids is 2. The Balaban J connectivity index is 1.44. The van der Waals surface area contributed by atoms with Gasteiger partial charge in [-0.3, -0.25) is 14.5 Å². The first-order chi connectivity index (χ1) is 13.5. The smallest absolute Gasteiger partial charge is 0.238 e. The van der Waals surface area contributed by atoms with E-state index in [9.17, 15) is 9.59 Å². The summed E-state index contributed by atoms with van der Waals surface area (Å²) in [6.07, 6.45) is 0. The molecule has 0 aliphatic carbocycles. The molecule has 1 saturated heterocycles. The lowest BCUT2D eigenvalue weighted by molar-refractivity contribution is -0.132. The number of thioether (sulfide) groups is 1. The molecule has 2 amide bonds. The van der Waals surface area contributed by atoms with Crippen molar-refractivity contribution in [3.63, 3.8) is 0 Å². The van der Waals surface area contributed by atoms with E-state index < -0.39 is 0 Å². The molecule has 2 aromatic rings. The lowest BCUT2D eigenvalue weighted by Gasteiger charge is -2.35. The maximum Gasteiger partial charge on any atom is 0.238 e. The molecule has 0 spiro atoms. The van der Waals surface area contributed by atoms with Crippen LogP contribution >= 0.6 is 23.4 Å². The van der Waals surface area contributed by atoms with Crippen LogP contribution in [-0.4, -0.2) is 59.6 Å². The standard InChI is InChI=1S/C21H24ClN3O2S/c1-16(28-17-7-3-2-4-8-17)21(27)25-13-11-24(12-14-25)15-20(26)23-19-10-6-5-9-18(19)22/h2-10,16H,11-15H2,1H3,(H,23,26)/t16-/m1/s1. The van der Waals surface area contributed by atoms with E-state index in [1.54, 1.807) is 23.9 Å². The van der Waals surface area contributed by atoms with Crippen molar-refractivity contribution >= 4 is 40.9 Å². The fourth-order valence-corrected chi connectivity index (χ4v) is 4.25. The number of anilines is 1. The van der Waals surface area contributed by atoms with Crippen LogP contribution in [0.2, 0.25) is 5.02 Å². The van der Waals surface area contributed by atoms with E-state index in [0.717, 1.165) is 4.90 Å². The highest BCUT2D eigenvalue weighted by Gasteiger charge is 2.26. The molecule has 0 unspecified atom stereocenters. The van der Waals surface area contributed by atoms with E-state index in [1.165, 1.54) is 0 Å². The predicted octanol–water partition coefficient (Wildman–Crippen LogP) is 3.60. The number of nitrogens with one attached hydrogen (secondary N) is 1. The molecule has 1 atom stereocenters. The van der Waals surface area contributed by atoms with Gasteiger partial charge in [-0.05, 0) is 31.2 Å². The molecular formula is C21H24ClN3O2S. The van der Waals surface area contributed by atoms with Crippen LogP contribution < -0.4 is 5.32 Å². The summed E-state index contributed by atoms with van der Waals surface area (Å²) in [7, 11) is 0. The number of nitrogens with zero attached hydrogens (tertiary/aromatic N) is 2. The Morgan fingerprint density at radius 2 is 1.68 bits per heavy atom. The fraction of sp³-hybridized carbons (Fsp3) is 0.333. The Hall–Kier alpha value is -2.02. The molecule has 148 valence electrons. The number of hydrogen-bond donors (Lipinski definition) is 1. The van der Waals surface area contributed by atoms with Gasteiger partial charge in [0.1, 0.15) is 0 Å². The van der Waals surface area contributed by atoms with Crippen molar-refractivity contribution in [2.24, 2.45) is 0 Å². The quantitative estimate of drug-likeness (QED) is 0.729. The molecule has 28 heavy (non-hydrogen) atoms. The Bertz CT molecular complexity index is 810. The van der Waals surface area contributed by atoms with Crippen LogP contribution in [0.1, 0.15) is 6.92 Å². The molecular weight excluding hydrogens is 394 g/mol. The second kappa shape index (κ2) is 9.96. The van der Waals surface area contributed by atoms with E-state index in [4.69, 9.17) is 11.6 Å². The third-order valence-electron chi connectivity index (χ3n) is 4.60. The summed E-state index contributed by atoms with van der Waals surface area (Å²) in [5, 5.41) is 3.24. The van der Waals surface area contributed by atoms with Gasteiger partial charge in [-0.1, -0.05) is 41.9 Å². The van der Waals surface area contributed by atoms with Crippen molar-refractivity contribution < 1.29 is 9.59 Å². The zero-order chi connectivity index (χ0) is 19.9. The Morgan fingerprint density at radius 1 is 1.04 bits per heavy atom. The lowest BCUT2D eigenvalue weighted by Crippen LogP contribution is -2.52. The summed E-state index contributed by atoms with van der Waals surface area (Å²) in [6.45, 7) is 4.88. The van der Waals surface area contributed by atoms with Gasteiger partial charge in [-0.2, -0.15) is 0 Å². The minimum Gasteiger partial charge on any atom is -0.339 e. The van der Waals surface area contributed by atoms with Crippen LogP contribution in [0.15, 0.2) is 59.5 Å². The van der Waals surface area contributed by atoms with Crippen molar-refractivity contribution in [2.75, 3.05) is 38.0 Å². The van der Waals surface area contributed by atoms with E-state index in [2.05, 4.69) is 10.2 Å². The molecule has 1 N–H and O–H groups in total. The van der Waals surface area contributed by atoms with Gasteiger partial charge in [-0.25, -0.2) is 0 Å². The molecule has 1 fully saturated rings. The van der Waals surface area contributed by atoms with E-state index >= 15 is 0 Å². The second-order valence-corrected chi connectivity index (χ2v) is 8.52. The lowest BCUT2D eigenvalue weighted by atomic mass is 10.2. The number of para-hydroxylation sites is 1. The first-order valence-electron chi connectivity index (χ1n) is 9.30. The first-order valence-corrected chi connectivity index (χ1v) is 10.6. The van der Waals surface area contributed by atoms with Gasteiger partial charge in [0.05, 0.1) is 22.5 Å². The van der Waals surface area contributed by atoms with Gasteiger partial charge in [0.25, 0.3) is 0 Å². The van der Waals surface area contributed by atoms with Crippen molar-refractivity contribution in [3.05, 3.63) is 59.6 Å². The largest absolute Gasteiger partial charge is 0.339 e. The normalized spacial score (nSPS) is 15.9. The molecule has 0 radical (unpaired) electrons. The van der Waals surface area contributed by atoms with Crippen molar-refractivity contribution in [2.45, 2.75) is 17.1 Å². The van der Waals surface area contributed by atoms with Gasteiger partial charge in [0, 0.05) is 31.1 Å². The molecule has 0 bridgehead atoms. The minimum absolute atomic E-state index is 0.0964. The predicted molar refractivity (Wildman–Crippen MR) is 115 cm³/mol. The first kappa shape index (κ1) is 20.7. The third-order valence-corrected chi connectivity index (χ3v) is 6.03. The summed E-state index contributed by atoms with van der Waals surface area (Å²) in [5.74, 6) is 0.0508. The SMILES string of the molecule is C[C@@H](Sc1ccccc1)C(=O)N1CCN(CC(=O)Nc2ccccc2Cl)CC1. The average Bonchev–Trinajstić information content (AvgIpc) is 2.70. The Kier molecular flexibility index (Phi) is 7.36. The van der Waals surface area contributed by atoms with Crippen LogP contribution in [0.25, 0.3) is 0 Å². The Labute approximate surface area is 175 Å². The number of benzene rings is 2. The molecule has 0 saturated carbocycles. The molecule has 7 heteroatoms. The van der Waals surface area contributed by atoms with Gasteiger partial charge in [0.15, 0.2) is 0 Å². The average molecular weight is 418 g/mol. The highest BCUT2D eigenvalue weighted by molar-refractivity contribution is 8.00. The fourth-order valence-electron chi connectivity index (χ4n) is 3.09. The summed E-state index contributed by atoms with van der Waals surface area (Å²) in [6, 6.07) is 17.1. The maximum absolute atomic E-state index is 12.7. The number of halogens is 1. The second-order valence-electron chi connectivity index (χ2n) is 6.70. The Morgan fingerprint density at radius 3 is 2.36 bits per heavy atom. The van der Waals surface area contributed by atoms with Crippen LogP contribution in [0.3, 0.4) is 0 Å². The summed E-state index contributed by atoms with van der Waals surface area (Å²) >= 11 is 7.66. The number of hydrogen-bond acceptors (Lipinski definition) is 4. The molecule has 1 aliphatic rings. The topological polar surface area (TPSA) is 52.7 Å². The van der Waals surface area contributed by atoms with E-state index in [0.29, 0.717) is 43.4 Å². The molecule has 1 heterocycles. The summed E-state index contributed by atoms with van der Waals surface area (Å²) < 4.78 is 0. The number of piperazine rings is 1. The molecule has 0 aromatic heterocycles. The van der Waals surface area contributed by atoms with Crippen LogP contribution in [0, 0.1) is 0 Å². The van der Waals surface area contributed by atoms with Gasteiger partial charge >= 0.3 is 0 Å². The van der Waals surface area contributed by atoms with Gasteiger partial charge in [-0.15, -0.1) is 11.8 Å². The zero-order valence-electron chi connectivity index (χ0n) is 15.8. The monoisotopic (exact) mass is 417 g/mol. The molecule has 2 aromatic carbocycles. The number of rotatable bonds is 6. The van der Waals surface area contributed by atoms with Gasteiger partial charge < -0.3 is 10.2 Å². The molecule has 5 nitrogen and oxygen atoms in total. The minimum atomic E-state index is -0.127.